The van der Waals surface area contributed by atoms with E-state index in [2.05, 4.69) is 20.6 Å². The van der Waals surface area contributed by atoms with Crippen molar-refractivity contribution in [1.29, 1.82) is 0 Å². The van der Waals surface area contributed by atoms with Crippen LogP contribution in [0.15, 0.2) is 30.6 Å². The molecule has 18 heavy (non-hydrogen) atoms. The van der Waals surface area contributed by atoms with Crippen LogP contribution >= 0.6 is 0 Å². The van der Waals surface area contributed by atoms with E-state index >= 15 is 0 Å². The summed E-state index contributed by atoms with van der Waals surface area (Å²) in [6.45, 7) is 2.89. The number of anilines is 3. The fourth-order valence-corrected chi connectivity index (χ4v) is 1.86. The van der Waals surface area contributed by atoms with Gasteiger partial charge in [0, 0.05) is 24.2 Å². The first-order valence-electron chi connectivity index (χ1n) is 5.79. The van der Waals surface area contributed by atoms with E-state index in [4.69, 9.17) is 5.73 Å². The van der Waals surface area contributed by atoms with Crippen molar-refractivity contribution in [1.82, 2.24) is 20.0 Å². The molecule has 0 spiro atoms. The minimum absolute atomic E-state index is 0.676. The standard InChI is InChI=1S/C12H14N6/c1-2-18-4-3-12(17-18)15-11-6-10-8(5-9(11)13)7-14-16-10/h3-7H,2,13H2,1H3,(H,14,16)(H,15,17). The highest BCUT2D eigenvalue weighted by Crippen LogP contribution is 2.26. The summed E-state index contributed by atoms with van der Waals surface area (Å²) < 4.78 is 1.85. The molecule has 0 aliphatic carbocycles. The van der Waals surface area contributed by atoms with Crippen LogP contribution < -0.4 is 11.1 Å². The molecule has 2 heterocycles. The van der Waals surface area contributed by atoms with Gasteiger partial charge in [-0.1, -0.05) is 0 Å². The maximum absolute atomic E-state index is 5.99. The Balaban J connectivity index is 1.95. The lowest BCUT2D eigenvalue weighted by Gasteiger charge is -2.06. The predicted octanol–water partition coefficient (Wildman–Crippen LogP) is 2.11. The third-order valence-corrected chi connectivity index (χ3v) is 2.84. The van der Waals surface area contributed by atoms with Crippen molar-refractivity contribution >= 4 is 28.1 Å². The number of nitrogens with one attached hydrogen (secondary N) is 2. The fraction of sp³-hybridized carbons (Fsp3) is 0.167. The van der Waals surface area contributed by atoms with E-state index in [0.717, 1.165) is 29.0 Å². The molecule has 2 aromatic heterocycles. The number of hydrogen-bond acceptors (Lipinski definition) is 4. The van der Waals surface area contributed by atoms with Crippen LogP contribution in [0.2, 0.25) is 0 Å². The van der Waals surface area contributed by atoms with E-state index < -0.39 is 0 Å². The van der Waals surface area contributed by atoms with Gasteiger partial charge in [0.25, 0.3) is 0 Å². The maximum Gasteiger partial charge on any atom is 0.152 e. The van der Waals surface area contributed by atoms with E-state index in [9.17, 15) is 0 Å². The van der Waals surface area contributed by atoms with Gasteiger partial charge in [-0.15, -0.1) is 0 Å². The molecule has 0 radical (unpaired) electrons. The molecule has 0 amide bonds. The molecule has 0 aliphatic rings. The Labute approximate surface area is 104 Å². The zero-order chi connectivity index (χ0) is 12.5. The van der Waals surface area contributed by atoms with Gasteiger partial charge >= 0.3 is 0 Å². The number of rotatable bonds is 3. The lowest BCUT2D eigenvalue weighted by molar-refractivity contribution is 0.662. The first-order valence-corrected chi connectivity index (χ1v) is 5.79. The molecule has 6 heteroatoms. The Morgan fingerprint density at radius 1 is 1.44 bits per heavy atom. The average molecular weight is 242 g/mol. The number of nitrogens with two attached hydrogens (primary N) is 1. The van der Waals surface area contributed by atoms with Crippen molar-refractivity contribution in [2.45, 2.75) is 13.5 Å². The summed E-state index contributed by atoms with van der Waals surface area (Å²) in [6, 6.07) is 5.74. The second-order valence-electron chi connectivity index (χ2n) is 4.08. The summed E-state index contributed by atoms with van der Waals surface area (Å²) in [5, 5.41) is 15.5. The third-order valence-electron chi connectivity index (χ3n) is 2.84. The number of benzene rings is 1. The first kappa shape index (κ1) is 10.6. The largest absolute Gasteiger partial charge is 0.397 e. The number of aromatic amines is 1. The van der Waals surface area contributed by atoms with E-state index in [0.29, 0.717) is 5.69 Å². The summed E-state index contributed by atoms with van der Waals surface area (Å²) in [5.74, 6) is 0.780. The summed E-state index contributed by atoms with van der Waals surface area (Å²) in [7, 11) is 0. The van der Waals surface area contributed by atoms with E-state index in [1.54, 1.807) is 6.20 Å². The van der Waals surface area contributed by atoms with Crippen LogP contribution in [-0.2, 0) is 6.54 Å². The first-order chi connectivity index (χ1) is 8.76. The summed E-state index contributed by atoms with van der Waals surface area (Å²) in [5.41, 5.74) is 8.44. The number of aryl methyl sites for hydroxylation is 1. The van der Waals surface area contributed by atoms with Crippen molar-refractivity contribution in [3.05, 3.63) is 30.6 Å². The van der Waals surface area contributed by atoms with Gasteiger partial charge in [0.15, 0.2) is 5.82 Å². The lowest BCUT2D eigenvalue weighted by atomic mass is 10.2. The molecule has 4 N–H and O–H groups in total. The van der Waals surface area contributed by atoms with Crippen LogP contribution in [0.25, 0.3) is 10.9 Å². The molecule has 0 atom stereocenters. The Morgan fingerprint density at radius 3 is 3.11 bits per heavy atom. The summed E-state index contributed by atoms with van der Waals surface area (Å²) in [4.78, 5) is 0. The second-order valence-corrected chi connectivity index (χ2v) is 4.08. The van der Waals surface area contributed by atoms with Gasteiger partial charge < -0.3 is 11.1 Å². The molecule has 0 aliphatic heterocycles. The highest BCUT2D eigenvalue weighted by atomic mass is 15.3. The normalized spacial score (nSPS) is 10.9. The summed E-state index contributed by atoms with van der Waals surface area (Å²) in [6.07, 6.45) is 3.68. The van der Waals surface area contributed by atoms with Crippen molar-refractivity contribution in [3.63, 3.8) is 0 Å². The number of H-pyrrole nitrogens is 1. The molecule has 1 aromatic carbocycles. The molecule has 6 nitrogen and oxygen atoms in total. The van der Waals surface area contributed by atoms with Gasteiger partial charge in [-0.05, 0) is 19.1 Å². The second kappa shape index (κ2) is 4.06. The van der Waals surface area contributed by atoms with Crippen LogP contribution in [0.1, 0.15) is 6.92 Å². The Bertz CT molecular complexity index is 681. The van der Waals surface area contributed by atoms with Gasteiger partial charge in [0.05, 0.1) is 23.1 Å². The zero-order valence-corrected chi connectivity index (χ0v) is 10.0. The molecule has 0 fully saturated rings. The quantitative estimate of drug-likeness (QED) is 0.614. The molecule has 0 saturated carbocycles. The number of nitrogens with zero attached hydrogens (tertiary/aromatic N) is 3. The maximum atomic E-state index is 5.99. The van der Waals surface area contributed by atoms with Gasteiger partial charge in [0.1, 0.15) is 0 Å². The molecule has 0 saturated heterocycles. The van der Waals surface area contributed by atoms with Crippen molar-refractivity contribution < 1.29 is 0 Å². The highest BCUT2D eigenvalue weighted by Gasteiger charge is 2.05. The van der Waals surface area contributed by atoms with Gasteiger partial charge in [-0.2, -0.15) is 10.2 Å². The van der Waals surface area contributed by atoms with Crippen LogP contribution in [0, 0.1) is 0 Å². The molecule has 0 unspecified atom stereocenters. The lowest BCUT2D eigenvalue weighted by Crippen LogP contribution is -1.99. The van der Waals surface area contributed by atoms with Crippen molar-refractivity contribution in [2.24, 2.45) is 0 Å². The Kier molecular flexibility index (Phi) is 2.40. The van der Waals surface area contributed by atoms with E-state index in [1.165, 1.54) is 0 Å². The van der Waals surface area contributed by atoms with Gasteiger partial charge in [-0.3, -0.25) is 9.78 Å². The van der Waals surface area contributed by atoms with Crippen LogP contribution in [-0.4, -0.2) is 20.0 Å². The van der Waals surface area contributed by atoms with Crippen molar-refractivity contribution in [2.75, 3.05) is 11.1 Å². The molecule has 0 bridgehead atoms. The molecular weight excluding hydrogens is 228 g/mol. The van der Waals surface area contributed by atoms with Crippen LogP contribution in [0.3, 0.4) is 0 Å². The number of aromatic nitrogens is 4. The number of nitrogen functional groups attached to an aromatic ring is 1. The van der Waals surface area contributed by atoms with Gasteiger partial charge in [0.2, 0.25) is 0 Å². The van der Waals surface area contributed by atoms with Crippen LogP contribution in [0.4, 0.5) is 17.2 Å². The monoisotopic (exact) mass is 242 g/mol. The molecular formula is C12H14N6. The van der Waals surface area contributed by atoms with Crippen molar-refractivity contribution in [3.8, 4) is 0 Å². The smallest absolute Gasteiger partial charge is 0.152 e. The minimum Gasteiger partial charge on any atom is -0.397 e. The highest BCUT2D eigenvalue weighted by molar-refractivity contribution is 5.89. The Hall–Kier alpha value is -2.50. The minimum atomic E-state index is 0.676. The molecule has 3 aromatic rings. The summed E-state index contributed by atoms with van der Waals surface area (Å²) >= 11 is 0. The number of fused-ring (bicyclic) bond motifs is 1. The molecule has 3 rings (SSSR count). The van der Waals surface area contributed by atoms with Gasteiger partial charge in [-0.25, -0.2) is 0 Å². The Morgan fingerprint density at radius 2 is 2.33 bits per heavy atom. The van der Waals surface area contributed by atoms with Crippen LogP contribution in [0.5, 0.6) is 0 Å². The number of hydrogen-bond donors (Lipinski definition) is 3. The zero-order valence-electron chi connectivity index (χ0n) is 10.0. The third kappa shape index (κ3) is 1.77. The fourth-order valence-electron chi connectivity index (χ4n) is 1.86. The molecule has 92 valence electrons. The average Bonchev–Trinajstić information content (AvgIpc) is 2.98. The topological polar surface area (TPSA) is 84.5 Å². The SMILES string of the molecule is CCn1ccc(Nc2cc3[nH]ncc3cc2N)n1. The van der Waals surface area contributed by atoms with E-state index in [-0.39, 0.29) is 0 Å². The van der Waals surface area contributed by atoms with E-state index in [1.807, 2.05) is 36.0 Å². The predicted molar refractivity (Wildman–Crippen MR) is 71.7 cm³/mol.